The average Bonchev–Trinajstić information content (AvgIpc) is 3.21. The molecule has 0 bridgehead atoms. The van der Waals surface area contributed by atoms with Gasteiger partial charge in [0, 0.05) is 23.9 Å². The van der Waals surface area contributed by atoms with Gasteiger partial charge in [-0.25, -0.2) is 0 Å². The molecule has 0 aromatic heterocycles. The Morgan fingerprint density at radius 2 is 1.27 bits per heavy atom. The lowest BCUT2D eigenvalue weighted by atomic mass is 9.84. The number of rotatable bonds is 13. The molecule has 0 aliphatic rings. The van der Waals surface area contributed by atoms with Gasteiger partial charge in [0.2, 0.25) is 0 Å². The summed E-state index contributed by atoms with van der Waals surface area (Å²) in [5.74, 6) is 0. The largest absolute Gasteiger partial charge is 0.401 e. The molecular weight excluding hydrogens is 633 g/mol. The van der Waals surface area contributed by atoms with E-state index in [1.165, 1.54) is 34.9 Å². The Bertz CT molecular complexity index is 1920. The maximum atomic E-state index is 6.49. The topological polar surface area (TPSA) is 76.4 Å². The van der Waals surface area contributed by atoms with Crippen molar-refractivity contribution >= 4 is 5.71 Å². The summed E-state index contributed by atoms with van der Waals surface area (Å²) >= 11 is 0. The minimum Gasteiger partial charge on any atom is -0.401 e. The van der Waals surface area contributed by atoms with E-state index in [1.54, 1.807) is 6.08 Å². The quantitative estimate of drug-likeness (QED) is 0.0851. The third kappa shape index (κ3) is 11.2. The van der Waals surface area contributed by atoms with Crippen LogP contribution < -0.4 is 16.8 Å². The minimum absolute atomic E-state index is 0.0986. The van der Waals surface area contributed by atoms with Crippen LogP contribution in [0.3, 0.4) is 0 Å². The van der Waals surface area contributed by atoms with Crippen LogP contribution in [-0.4, -0.2) is 18.8 Å². The van der Waals surface area contributed by atoms with Gasteiger partial charge in [0.1, 0.15) is 6.17 Å². The number of benzene rings is 5. The third-order valence-electron chi connectivity index (χ3n) is 8.37. The zero-order chi connectivity index (χ0) is 37.7. The number of nitrogens with zero attached hydrogens (tertiary/aromatic N) is 1. The highest BCUT2D eigenvalue weighted by Gasteiger charge is 2.21. The summed E-state index contributed by atoms with van der Waals surface area (Å²) in [5.41, 5.74) is 23.2. The molecular formula is C48H56N4. The minimum atomic E-state index is -0.310. The molecule has 4 nitrogen and oxygen atoms in total. The SMILES string of the molecule is C=C/C=C\C/C(C)=N/C(NC(C)/C(N)=C/C=C\C)c1ccc(-c2cccc(-c3ccccc3)c2-c2ccccc2)c(-c2ccccc2)c1.CC.CN. The molecule has 0 saturated carbocycles. The molecule has 5 N–H and O–H groups in total. The molecule has 0 spiro atoms. The molecule has 0 amide bonds. The van der Waals surface area contributed by atoms with Gasteiger partial charge in [-0.3, -0.25) is 10.3 Å². The van der Waals surface area contributed by atoms with E-state index < -0.39 is 0 Å². The van der Waals surface area contributed by atoms with Crippen molar-refractivity contribution in [1.29, 1.82) is 0 Å². The van der Waals surface area contributed by atoms with Gasteiger partial charge in [-0.15, -0.1) is 0 Å². The highest BCUT2D eigenvalue weighted by atomic mass is 15.1. The van der Waals surface area contributed by atoms with Crippen LogP contribution in [0, 0.1) is 0 Å². The predicted molar refractivity (Wildman–Crippen MR) is 229 cm³/mol. The van der Waals surface area contributed by atoms with E-state index >= 15 is 0 Å². The van der Waals surface area contributed by atoms with Crippen LogP contribution in [0.2, 0.25) is 0 Å². The van der Waals surface area contributed by atoms with Crippen LogP contribution in [0.5, 0.6) is 0 Å². The molecule has 0 heterocycles. The van der Waals surface area contributed by atoms with Crippen molar-refractivity contribution in [1.82, 2.24) is 5.32 Å². The monoisotopic (exact) mass is 688 g/mol. The highest BCUT2D eigenvalue weighted by molar-refractivity contribution is 5.98. The first-order valence-electron chi connectivity index (χ1n) is 18.2. The molecule has 0 fully saturated rings. The normalized spacial score (nSPS) is 12.8. The summed E-state index contributed by atoms with van der Waals surface area (Å²) in [7, 11) is 1.50. The standard InChI is InChI=1S/C45H45N3.C2H6.CH5N/c1-5-7-12-20-33(3)47-45(48-34(4)43(46)29-8-6-2)38-30-31-40(42(32-38)36-23-15-10-16-24-36)41-28-19-27-39(35-21-13-9-14-22-35)44(41)37-25-17-11-18-26-37;2*1-2/h5-19,21-32,34,45,48H,1,20,46H2,2-4H3;1-2H3;2H2,1H3/b8-6-,12-7-,43-29-,47-33+;;. The fourth-order valence-electron chi connectivity index (χ4n) is 5.87. The average molecular weight is 689 g/mol. The summed E-state index contributed by atoms with van der Waals surface area (Å²) < 4.78 is 0. The zero-order valence-electron chi connectivity index (χ0n) is 31.8. The van der Waals surface area contributed by atoms with Crippen molar-refractivity contribution in [2.75, 3.05) is 7.05 Å². The summed E-state index contributed by atoms with van der Waals surface area (Å²) in [6, 6.07) is 45.3. The van der Waals surface area contributed by atoms with Crippen LogP contribution in [0.25, 0.3) is 44.5 Å². The zero-order valence-corrected chi connectivity index (χ0v) is 31.8. The first-order chi connectivity index (χ1) is 25.5. The molecule has 0 aliphatic heterocycles. The van der Waals surface area contributed by atoms with Gasteiger partial charge in [0.05, 0.1) is 0 Å². The van der Waals surface area contributed by atoms with E-state index in [0.29, 0.717) is 0 Å². The van der Waals surface area contributed by atoms with Crippen molar-refractivity contribution in [3.63, 3.8) is 0 Å². The number of nitrogens with one attached hydrogen (secondary N) is 1. The second-order valence-electron chi connectivity index (χ2n) is 11.8. The van der Waals surface area contributed by atoms with Crippen LogP contribution >= 0.6 is 0 Å². The van der Waals surface area contributed by atoms with Crippen molar-refractivity contribution in [3.8, 4) is 44.5 Å². The number of allylic oxidation sites excluding steroid dienone is 6. The van der Waals surface area contributed by atoms with E-state index in [0.717, 1.165) is 40.1 Å². The molecule has 268 valence electrons. The Hall–Kier alpha value is -5.55. The molecule has 5 aromatic carbocycles. The lowest BCUT2D eigenvalue weighted by Gasteiger charge is -2.24. The fourth-order valence-corrected chi connectivity index (χ4v) is 5.87. The second kappa shape index (κ2) is 22.3. The second-order valence-corrected chi connectivity index (χ2v) is 11.8. The summed E-state index contributed by atoms with van der Waals surface area (Å²) in [6.45, 7) is 13.9. The molecule has 52 heavy (non-hydrogen) atoms. The van der Waals surface area contributed by atoms with E-state index in [9.17, 15) is 0 Å². The summed E-state index contributed by atoms with van der Waals surface area (Å²) in [5, 5.41) is 3.71. The van der Waals surface area contributed by atoms with E-state index in [-0.39, 0.29) is 12.2 Å². The van der Waals surface area contributed by atoms with Gasteiger partial charge >= 0.3 is 0 Å². The van der Waals surface area contributed by atoms with Crippen LogP contribution in [0.1, 0.15) is 52.8 Å². The van der Waals surface area contributed by atoms with Gasteiger partial charge in [-0.1, -0.05) is 172 Å². The van der Waals surface area contributed by atoms with Gasteiger partial charge in [-0.05, 0) is 90.0 Å². The van der Waals surface area contributed by atoms with Gasteiger partial charge in [-0.2, -0.15) is 0 Å². The molecule has 2 unspecified atom stereocenters. The number of nitrogens with two attached hydrogens (primary N) is 2. The summed E-state index contributed by atoms with van der Waals surface area (Å²) in [6.07, 6.45) is 12.1. The van der Waals surface area contributed by atoms with Crippen molar-refractivity contribution < 1.29 is 0 Å². The molecule has 0 aliphatic carbocycles. The van der Waals surface area contributed by atoms with Gasteiger partial charge in [0.15, 0.2) is 0 Å². The van der Waals surface area contributed by atoms with E-state index in [4.69, 9.17) is 10.7 Å². The molecule has 2 atom stereocenters. The van der Waals surface area contributed by atoms with Crippen molar-refractivity contribution in [2.24, 2.45) is 16.5 Å². The smallest absolute Gasteiger partial charge is 0.126 e. The van der Waals surface area contributed by atoms with Crippen molar-refractivity contribution in [2.45, 2.75) is 53.2 Å². The fraction of sp³-hybridized carbons (Fsp3) is 0.188. The Labute approximate surface area is 313 Å². The Balaban J connectivity index is 0.00000176. The first-order valence-corrected chi connectivity index (χ1v) is 18.2. The molecule has 4 heteroatoms. The lowest BCUT2D eigenvalue weighted by Crippen LogP contribution is -2.34. The van der Waals surface area contributed by atoms with Crippen LogP contribution in [0.4, 0.5) is 0 Å². The molecule has 0 radical (unpaired) electrons. The molecule has 5 rings (SSSR count). The number of aliphatic imine (C=N–C) groups is 1. The Morgan fingerprint density at radius 3 is 1.85 bits per heavy atom. The third-order valence-corrected chi connectivity index (χ3v) is 8.37. The van der Waals surface area contributed by atoms with Crippen molar-refractivity contribution in [3.05, 3.63) is 182 Å². The first kappa shape index (κ1) is 40.9. The Morgan fingerprint density at radius 1 is 0.712 bits per heavy atom. The molecule has 5 aromatic rings. The molecule has 0 saturated heterocycles. The number of hydrogen-bond acceptors (Lipinski definition) is 4. The predicted octanol–water partition coefficient (Wildman–Crippen LogP) is 11.9. The van der Waals surface area contributed by atoms with Gasteiger partial charge in [0.25, 0.3) is 0 Å². The Kier molecular flexibility index (Phi) is 17.5. The van der Waals surface area contributed by atoms with Crippen LogP contribution in [-0.2, 0) is 0 Å². The highest BCUT2D eigenvalue weighted by Crippen LogP contribution is 2.44. The van der Waals surface area contributed by atoms with E-state index in [1.807, 2.05) is 45.1 Å². The number of hydrogen-bond donors (Lipinski definition) is 3. The van der Waals surface area contributed by atoms with Gasteiger partial charge < -0.3 is 11.5 Å². The van der Waals surface area contributed by atoms with E-state index in [2.05, 4.69) is 165 Å². The maximum absolute atomic E-state index is 6.49. The van der Waals surface area contributed by atoms with Crippen LogP contribution in [0.15, 0.2) is 181 Å². The maximum Gasteiger partial charge on any atom is 0.126 e. The lowest BCUT2D eigenvalue weighted by molar-refractivity contribution is 0.502. The summed E-state index contributed by atoms with van der Waals surface area (Å²) in [4.78, 5) is 5.20.